The van der Waals surface area contributed by atoms with Crippen LogP contribution in [0.4, 0.5) is 15.3 Å². The number of nitrogens with two attached hydrogens (primary N) is 2. The van der Waals surface area contributed by atoms with Crippen molar-refractivity contribution in [3.05, 3.63) is 102 Å². The fourth-order valence-corrected chi connectivity index (χ4v) is 11.5. The second-order valence-electron chi connectivity index (χ2n) is 23.7. The molecule has 478 valence electrons. The van der Waals surface area contributed by atoms with E-state index in [0.29, 0.717) is 49.0 Å². The zero-order valence-corrected chi connectivity index (χ0v) is 52.7. The summed E-state index contributed by atoms with van der Waals surface area (Å²) in [5, 5.41) is 25.8. The van der Waals surface area contributed by atoms with Gasteiger partial charge in [0.2, 0.25) is 35.4 Å². The summed E-state index contributed by atoms with van der Waals surface area (Å²) in [5.74, 6) is -4.25. The molecule has 1 aliphatic rings. The van der Waals surface area contributed by atoms with Gasteiger partial charge in [0.25, 0.3) is 0 Å². The van der Waals surface area contributed by atoms with Gasteiger partial charge in [-0.2, -0.15) is 0 Å². The molecule has 0 bridgehead atoms. The number of nitrogens with zero attached hydrogens (tertiary/aromatic N) is 3. The summed E-state index contributed by atoms with van der Waals surface area (Å²) < 4.78 is 17.7. The van der Waals surface area contributed by atoms with Crippen molar-refractivity contribution >= 4 is 64.2 Å². The second kappa shape index (κ2) is 33.5. The number of para-hydroxylation sites is 1. The first kappa shape index (κ1) is 70.2. The van der Waals surface area contributed by atoms with Gasteiger partial charge in [-0.15, -0.1) is 0 Å². The van der Waals surface area contributed by atoms with E-state index in [4.69, 9.17) is 25.7 Å². The average molecular weight is 1210 g/mol. The van der Waals surface area contributed by atoms with Gasteiger partial charge in [0.05, 0.1) is 54.8 Å². The third kappa shape index (κ3) is 19.2. The molecule has 0 radical (unpaired) electrons. The number of benzene rings is 3. The Bertz CT molecular complexity index is 2910. The third-order valence-electron chi connectivity index (χ3n) is 16.7. The number of carbonyl (C=O) groups excluding carboxylic acids is 8. The summed E-state index contributed by atoms with van der Waals surface area (Å²) in [5.41, 5.74) is 15.0. The molecule has 4 aromatic rings. The molecule has 2 heterocycles. The molecule has 1 fully saturated rings. The number of urea groups is 1. The Morgan fingerprint density at radius 3 is 2.08 bits per heavy atom. The number of methoxy groups -OCH3 is 2. The number of aromatic nitrogens is 1. The van der Waals surface area contributed by atoms with Gasteiger partial charge in [0.15, 0.2) is 0 Å². The molecule has 1 aromatic heterocycles. The molecule has 87 heavy (non-hydrogen) atoms. The number of ether oxygens (including phenoxy) is 3. The molecule has 11 N–H and O–H groups in total. The molecule has 5 rings (SSSR count). The van der Waals surface area contributed by atoms with E-state index in [1.54, 1.807) is 87.1 Å². The van der Waals surface area contributed by atoms with Crippen LogP contribution in [0.25, 0.3) is 10.9 Å². The number of H-pyrrole nitrogens is 1. The Balaban J connectivity index is 1.19. The largest absolute Gasteiger partial charge is 0.445 e. The molecular formula is C64H95N11O12. The molecule has 12 atom stereocenters. The first-order valence-corrected chi connectivity index (χ1v) is 30.2. The van der Waals surface area contributed by atoms with Crippen LogP contribution in [0.2, 0.25) is 0 Å². The topological polar surface area (TPSA) is 322 Å². The van der Waals surface area contributed by atoms with Gasteiger partial charge in [-0.25, -0.2) is 9.59 Å². The van der Waals surface area contributed by atoms with Crippen LogP contribution in [0.5, 0.6) is 0 Å². The maximum absolute atomic E-state index is 14.8. The Kier molecular flexibility index (Phi) is 27.0. The summed E-state index contributed by atoms with van der Waals surface area (Å²) in [6, 6.07) is 16.8. The number of aliphatic hydroxyl groups is 1. The van der Waals surface area contributed by atoms with Gasteiger partial charge in [0, 0.05) is 64.2 Å². The van der Waals surface area contributed by atoms with Crippen molar-refractivity contribution in [2.45, 2.75) is 168 Å². The highest BCUT2D eigenvalue weighted by Crippen LogP contribution is 2.31. The number of anilines is 1. The molecule has 23 nitrogen and oxygen atoms in total. The summed E-state index contributed by atoms with van der Waals surface area (Å²) in [6.45, 7) is 15.1. The quantitative estimate of drug-likeness (QED) is 0.0273. The van der Waals surface area contributed by atoms with Crippen LogP contribution in [-0.4, -0.2) is 168 Å². The van der Waals surface area contributed by atoms with E-state index < -0.39 is 114 Å². The Hall–Kier alpha value is -7.60. The summed E-state index contributed by atoms with van der Waals surface area (Å²) in [7, 11) is 6.12. The van der Waals surface area contributed by atoms with E-state index in [1.165, 1.54) is 26.2 Å². The number of fused-ring (bicyclic) bond motifs is 1. The number of aromatic amines is 1. The normalized spacial score (nSPS) is 17.1. The first-order chi connectivity index (χ1) is 41.3. The fraction of sp³-hybridized carbons (Fsp3) is 0.562. The van der Waals surface area contributed by atoms with Crippen LogP contribution in [0.3, 0.4) is 0 Å². The number of nitrogens with one attached hydrogen (secondary N) is 6. The van der Waals surface area contributed by atoms with Crippen molar-refractivity contribution in [2.24, 2.45) is 35.1 Å². The minimum absolute atomic E-state index is 0.0788. The summed E-state index contributed by atoms with van der Waals surface area (Å²) in [6.07, 6.45) is 1.19. The van der Waals surface area contributed by atoms with E-state index in [0.717, 1.165) is 16.5 Å². The Morgan fingerprint density at radius 2 is 1.46 bits per heavy atom. The van der Waals surface area contributed by atoms with Gasteiger partial charge in [-0.3, -0.25) is 33.7 Å². The lowest BCUT2D eigenvalue weighted by molar-refractivity contribution is -0.148. The molecular weight excluding hydrogens is 1110 g/mol. The van der Waals surface area contributed by atoms with E-state index >= 15 is 0 Å². The lowest BCUT2D eigenvalue weighted by atomic mass is 9.89. The number of hydrogen-bond acceptors (Lipinski definition) is 13. The van der Waals surface area contributed by atoms with Crippen LogP contribution in [0.1, 0.15) is 117 Å². The number of hydrogen-bond donors (Lipinski definition) is 9. The lowest BCUT2D eigenvalue weighted by Gasteiger charge is -2.41. The van der Waals surface area contributed by atoms with E-state index in [-0.39, 0.29) is 50.1 Å². The predicted molar refractivity (Wildman–Crippen MR) is 332 cm³/mol. The van der Waals surface area contributed by atoms with Crippen LogP contribution in [0.15, 0.2) is 85.1 Å². The number of amides is 9. The SMILES string of the molecule is CC[C@H](C)[C@@H]([C@@H](CC(=O)N1CCC[C@H]1[C@H](OC)[C@@H](C)C(=O)N[C@H](C)[C@@H](O)c1ccccc1)OC)N(C)C(=O)[C@@H](NC(=O)[C@H](C(C)C)N(C)C(=O)OCc1ccc(NC(=O)[C@H](CCCNC(N)=O)NC(=O)[C@H](N)Cc2c[nH]c3ccccc23)cc1)C(C)C. The van der Waals surface area contributed by atoms with Gasteiger partial charge in [0.1, 0.15) is 24.7 Å². The first-order valence-electron chi connectivity index (χ1n) is 30.2. The Morgan fingerprint density at radius 1 is 0.793 bits per heavy atom. The molecule has 0 saturated carbocycles. The summed E-state index contributed by atoms with van der Waals surface area (Å²) >= 11 is 0. The van der Waals surface area contributed by atoms with Crippen molar-refractivity contribution in [2.75, 3.05) is 46.7 Å². The minimum atomic E-state index is -1.06. The van der Waals surface area contributed by atoms with Crippen LogP contribution >= 0.6 is 0 Å². The maximum Gasteiger partial charge on any atom is 0.410 e. The number of rotatable bonds is 32. The van der Waals surface area contributed by atoms with Gasteiger partial charge in [-0.1, -0.05) is 116 Å². The number of likely N-dealkylation sites (tertiary alicyclic amines) is 1. The third-order valence-corrected chi connectivity index (χ3v) is 16.7. The van der Waals surface area contributed by atoms with Crippen molar-refractivity contribution in [3.8, 4) is 0 Å². The number of aliphatic hydroxyl groups excluding tert-OH is 1. The van der Waals surface area contributed by atoms with Crippen molar-refractivity contribution in [1.29, 1.82) is 0 Å². The lowest BCUT2D eigenvalue weighted by Crippen LogP contribution is -2.60. The molecule has 9 amide bonds. The van der Waals surface area contributed by atoms with Crippen molar-refractivity contribution in [3.63, 3.8) is 0 Å². The average Bonchev–Trinajstić information content (AvgIpc) is 2.23. The minimum Gasteiger partial charge on any atom is -0.445 e. The molecule has 0 aliphatic carbocycles. The predicted octanol–water partition coefficient (Wildman–Crippen LogP) is 5.50. The molecule has 1 aliphatic heterocycles. The highest BCUT2D eigenvalue weighted by Gasteiger charge is 2.44. The van der Waals surface area contributed by atoms with Crippen LogP contribution < -0.4 is 38.1 Å². The number of carbonyl (C=O) groups is 8. The smallest absolute Gasteiger partial charge is 0.410 e. The van der Waals surface area contributed by atoms with Crippen LogP contribution in [-0.2, 0) is 56.0 Å². The van der Waals surface area contributed by atoms with Gasteiger partial charge in [-0.05, 0) is 91.7 Å². The molecule has 23 heteroatoms. The van der Waals surface area contributed by atoms with E-state index in [2.05, 4.69) is 31.6 Å². The zero-order chi connectivity index (χ0) is 64.2. The monoisotopic (exact) mass is 1210 g/mol. The molecule has 3 aromatic carbocycles. The van der Waals surface area contributed by atoms with Crippen molar-refractivity contribution < 1.29 is 57.7 Å². The van der Waals surface area contributed by atoms with E-state index in [9.17, 15) is 43.5 Å². The highest BCUT2D eigenvalue weighted by atomic mass is 16.6. The standard InChI is InChI=1S/C64H95N11O12/c1-13-39(6)55(51(85-11)34-52(76)75-32-20-26-50(75)57(86-12)40(7)58(78)69-41(8)56(77)43-21-15-14-16-22-43)73(9)62(82)53(37(2)3)72-61(81)54(38(4)5)74(10)64(84)87-36-42-27-29-45(30-28-42)70-60(80)49(25-19-31-67-63(66)83)71-59(79)47(65)33-44-35-68-48-24-18-17-23-46(44)48/h14-18,21-24,27-30,35,37-41,47,49-51,53-57,68,77H,13,19-20,25-26,31-34,36,65H2,1-12H3,(H,69,78)(H,70,80)(H,71,79)(H,72,81)(H3,66,67,83)/t39-,40+,41+,47+,49-,50-,51+,53-,54-,55-,56+,57+/m0/s1. The number of primary amides is 1. The maximum atomic E-state index is 14.8. The number of likely N-dealkylation sites (N-methyl/N-ethyl adjacent to an activating group) is 2. The highest BCUT2D eigenvalue weighted by molar-refractivity contribution is 5.98. The molecule has 1 saturated heterocycles. The summed E-state index contributed by atoms with van der Waals surface area (Å²) in [4.78, 5) is 117. The van der Waals surface area contributed by atoms with Crippen LogP contribution in [0, 0.1) is 23.7 Å². The van der Waals surface area contributed by atoms with E-state index in [1.807, 2.05) is 70.2 Å². The van der Waals surface area contributed by atoms with Gasteiger partial charge >= 0.3 is 12.1 Å². The molecule has 0 spiro atoms. The second-order valence-corrected chi connectivity index (χ2v) is 23.7. The van der Waals surface area contributed by atoms with Crippen molar-refractivity contribution in [1.82, 2.24) is 41.0 Å². The van der Waals surface area contributed by atoms with Gasteiger partial charge < -0.3 is 72.2 Å². The molecule has 0 unspecified atom stereocenters. The Labute approximate surface area is 512 Å². The zero-order valence-electron chi connectivity index (χ0n) is 52.7. The fourth-order valence-electron chi connectivity index (χ4n) is 11.5.